The summed E-state index contributed by atoms with van der Waals surface area (Å²) >= 11 is 3.42. The van der Waals surface area contributed by atoms with Gasteiger partial charge in [0.25, 0.3) is 0 Å². The molecule has 0 aliphatic carbocycles. The third-order valence-electron chi connectivity index (χ3n) is 2.46. The number of imidazole rings is 1. The zero-order valence-corrected chi connectivity index (χ0v) is 8.63. The average Bonchev–Trinajstić information content (AvgIpc) is 2.29. The van der Waals surface area contributed by atoms with Crippen molar-refractivity contribution in [3.8, 4) is 0 Å². The highest BCUT2D eigenvalue weighted by Crippen LogP contribution is 2.31. The monoisotopic (exact) mass is 229 g/mol. The summed E-state index contributed by atoms with van der Waals surface area (Å²) in [5.41, 5.74) is 7.03. The molecule has 4 heteroatoms. The smallest absolute Gasteiger partial charge is 0.201 e. The van der Waals surface area contributed by atoms with E-state index in [1.54, 1.807) is 0 Å². The number of nitrogens with two attached hydrogens (primary N) is 1. The molecule has 3 nitrogen and oxygen atoms in total. The van der Waals surface area contributed by atoms with Gasteiger partial charge in [0, 0.05) is 6.04 Å². The lowest BCUT2D eigenvalue weighted by Gasteiger charge is -2.22. The summed E-state index contributed by atoms with van der Waals surface area (Å²) < 4.78 is 3.06. The number of aromatic nitrogens is 2. The molecule has 0 saturated heterocycles. The van der Waals surface area contributed by atoms with E-state index in [0.717, 1.165) is 11.0 Å². The third kappa shape index (κ3) is 1.05. The van der Waals surface area contributed by atoms with Crippen molar-refractivity contribution in [3.63, 3.8) is 0 Å². The van der Waals surface area contributed by atoms with Crippen LogP contribution in [-0.4, -0.2) is 9.55 Å². The van der Waals surface area contributed by atoms with E-state index in [1.807, 2.05) is 0 Å². The van der Waals surface area contributed by atoms with E-state index in [4.69, 9.17) is 5.73 Å². The Balaban J connectivity index is 2.55. The molecular formula is C8H12BrN3. The van der Waals surface area contributed by atoms with Crippen molar-refractivity contribution in [1.82, 2.24) is 9.55 Å². The van der Waals surface area contributed by atoms with Crippen molar-refractivity contribution in [1.29, 1.82) is 0 Å². The zero-order chi connectivity index (χ0) is 8.72. The maximum atomic E-state index is 5.77. The maximum absolute atomic E-state index is 5.77. The van der Waals surface area contributed by atoms with Gasteiger partial charge >= 0.3 is 0 Å². The molecular weight excluding hydrogens is 218 g/mol. The molecule has 1 aliphatic rings. The van der Waals surface area contributed by atoms with Crippen LogP contribution in [0.4, 0.5) is 5.95 Å². The third-order valence-corrected chi connectivity index (χ3v) is 3.10. The summed E-state index contributed by atoms with van der Waals surface area (Å²) in [4.78, 5) is 4.20. The van der Waals surface area contributed by atoms with Gasteiger partial charge in [-0.15, -0.1) is 0 Å². The SMILES string of the molecule is CC1CCCc2c(Br)nc(N)n21. The number of hydrogen-bond donors (Lipinski definition) is 1. The number of nitrogens with zero attached hydrogens (tertiary/aromatic N) is 2. The number of hydrogen-bond acceptors (Lipinski definition) is 2. The Labute approximate surface area is 80.1 Å². The molecule has 0 spiro atoms. The molecule has 2 N–H and O–H groups in total. The fourth-order valence-corrected chi connectivity index (χ4v) is 2.44. The first-order chi connectivity index (χ1) is 5.70. The Morgan fingerprint density at radius 1 is 1.67 bits per heavy atom. The molecule has 1 unspecified atom stereocenters. The van der Waals surface area contributed by atoms with E-state index in [0.29, 0.717) is 12.0 Å². The van der Waals surface area contributed by atoms with Gasteiger partial charge in [0.05, 0.1) is 5.69 Å². The summed E-state index contributed by atoms with van der Waals surface area (Å²) in [6, 6.07) is 0.507. The first-order valence-corrected chi connectivity index (χ1v) is 5.01. The second-order valence-electron chi connectivity index (χ2n) is 3.32. The molecule has 12 heavy (non-hydrogen) atoms. The average molecular weight is 230 g/mol. The first-order valence-electron chi connectivity index (χ1n) is 4.22. The minimum Gasteiger partial charge on any atom is -0.369 e. The van der Waals surface area contributed by atoms with Gasteiger partial charge < -0.3 is 10.3 Å². The van der Waals surface area contributed by atoms with Gasteiger partial charge in [0.1, 0.15) is 4.60 Å². The molecule has 0 fully saturated rings. The highest BCUT2D eigenvalue weighted by molar-refractivity contribution is 9.10. The van der Waals surface area contributed by atoms with Crippen LogP contribution in [0, 0.1) is 0 Å². The fraction of sp³-hybridized carbons (Fsp3) is 0.625. The quantitative estimate of drug-likeness (QED) is 0.741. The largest absolute Gasteiger partial charge is 0.369 e. The topological polar surface area (TPSA) is 43.8 Å². The lowest BCUT2D eigenvalue weighted by Crippen LogP contribution is -2.16. The van der Waals surface area contributed by atoms with Gasteiger partial charge in [-0.1, -0.05) is 0 Å². The second-order valence-corrected chi connectivity index (χ2v) is 4.07. The number of rotatable bonds is 0. The van der Waals surface area contributed by atoms with Crippen LogP contribution in [0.15, 0.2) is 4.60 Å². The Hall–Kier alpha value is -0.510. The van der Waals surface area contributed by atoms with Crippen molar-refractivity contribution >= 4 is 21.9 Å². The van der Waals surface area contributed by atoms with Crippen molar-refractivity contribution in [2.24, 2.45) is 0 Å². The van der Waals surface area contributed by atoms with Gasteiger partial charge in [0.2, 0.25) is 5.95 Å². The van der Waals surface area contributed by atoms with Crippen molar-refractivity contribution in [3.05, 3.63) is 10.3 Å². The Bertz CT molecular complexity index is 305. The molecule has 1 aromatic heterocycles. The van der Waals surface area contributed by atoms with E-state index < -0.39 is 0 Å². The van der Waals surface area contributed by atoms with E-state index in [-0.39, 0.29) is 0 Å². The van der Waals surface area contributed by atoms with E-state index >= 15 is 0 Å². The van der Waals surface area contributed by atoms with Crippen LogP contribution < -0.4 is 5.73 Å². The lowest BCUT2D eigenvalue weighted by atomic mass is 10.0. The van der Waals surface area contributed by atoms with Crippen LogP contribution in [0.1, 0.15) is 31.5 Å². The van der Waals surface area contributed by atoms with Crippen LogP contribution in [0.2, 0.25) is 0 Å². The summed E-state index contributed by atoms with van der Waals surface area (Å²) in [5, 5.41) is 0. The van der Waals surface area contributed by atoms with Crippen LogP contribution >= 0.6 is 15.9 Å². The second kappa shape index (κ2) is 2.76. The standard InChI is InChI=1S/C8H12BrN3/c1-5-3-2-4-6-7(9)11-8(10)12(5)6/h5H,2-4H2,1H3,(H2,10,11). The highest BCUT2D eigenvalue weighted by atomic mass is 79.9. The molecule has 0 radical (unpaired) electrons. The van der Waals surface area contributed by atoms with Gasteiger partial charge in [-0.2, -0.15) is 0 Å². The fourth-order valence-electron chi connectivity index (χ4n) is 1.87. The highest BCUT2D eigenvalue weighted by Gasteiger charge is 2.21. The molecule has 0 bridgehead atoms. The molecule has 0 amide bonds. The van der Waals surface area contributed by atoms with Gasteiger partial charge in [-0.3, -0.25) is 0 Å². The maximum Gasteiger partial charge on any atom is 0.201 e. The van der Waals surface area contributed by atoms with Crippen LogP contribution in [0.5, 0.6) is 0 Å². The van der Waals surface area contributed by atoms with Gasteiger partial charge in [0.15, 0.2) is 0 Å². The number of fused-ring (bicyclic) bond motifs is 1. The predicted octanol–water partition coefficient (Wildman–Crippen LogP) is 2.13. The Morgan fingerprint density at radius 2 is 2.42 bits per heavy atom. The van der Waals surface area contributed by atoms with E-state index in [1.165, 1.54) is 18.5 Å². The molecule has 1 aromatic rings. The van der Waals surface area contributed by atoms with Crippen molar-refractivity contribution in [2.45, 2.75) is 32.2 Å². The molecule has 2 rings (SSSR count). The van der Waals surface area contributed by atoms with Crippen LogP contribution in [0.25, 0.3) is 0 Å². The molecule has 0 saturated carbocycles. The first kappa shape index (κ1) is 8.10. The number of nitrogen functional groups attached to an aromatic ring is 1. The molecule has 66 valence electrons. The van der Waals surface area contributed by atoms with Crippen molar-refractivity contribution < 1.29 is 0 Å². The molecule has 0 aromatic carbocycles. The normalized spacial score (nSPS) is 22.3. The minimum absolute atomic E-state index is 0.507. The summed E-state index contributed by atoms with van der Waals surface area (Å²) in [5.74, 6) is 0.643. The van der Waals surface area contributed by atoms with Crippen molar-refractivity contribution in [2.75, 3.05) is 5.73 Å². The number of anilines is 1. The van der Waals surface area contributed by atoms with Crippen LogP contribution in [0.3, 0.4) is 0 Å². The van der Waals surface area contributed by atoms with E-state index in [2.05, 4.69) is 32.4 Å². The molecule has 1 atom stereocenters. The summed E-state index contributed by atoms with van der Waals surface area (Å²) in [6.07, 6.45) is 3.54. The molecule has 1 aliphatic heterocycles. The Kier molecular flexibility index (Phi) is 1.87. The minimum atomic E-state index is 0.507. The van der Waals surface area contributed by atoms with Crippen LogP contribution in [-0.2, 0) is 6.42 Å². The zero-order valence-electron chi connectivity index (χ0n) is 7.05. The number of halogens is 1. The van der Waals surface area contributed by atoms with E-state index in [9.17, 15) is 0 Å². The summed E-state index contributed by atoms with van der Waals surface area (Å²) in [7, 11) is 0. The predicted molar refractivity (Wildman–Crippen MR) is 52.0 cm³/mol. The lowest BCUT2D eigenvalue weighted by molar-refractivity contribution is 0.436. The Morgan fingerprint density at radius 3 is 3.08 bits per heavy atom. The van der Waals surface area contributed by atoms with Gasteiger partial charge in [-0.05, 0) is 42.1 Å². The molecule has 2 heterocycles. The van der Waals surface area contributed by atoms with Gasteiger partial charge in [-0.25, -0.2) is 4.98 Å². The summed E-state index contributed by atoms with van der Waals surface area (Å²) in [6.45, 7) is 2.19.